The Balaban J connectivity index is 2.08. The van der Waals surface area contributed by atoms with Crippen LogP contribution in [0.15, 0.2) is 36.0 Å². The number of nitrogens with zero attached hydrogens (tertiary/aromatic N) is 1. The minimum atomic E-state index is -1.22. The molecule has 0 spiro atoms. The van der Waals surface area contributed by atoms with E-state index in [4.69, 9.17) is 9.47 Å². The zero-order chi connectivity index (χ0) is 15.2. The average molecular weight is 285 g/mol. The second kappa shape index (κ2) is 4.48. The summed E-state index contributed by atoms with van der Waals surface area (Å²) >= 11 is 0. The molecule has 0 amide bonds. The summed E-state index contributed by atoms with van der Waals surface area (Å²) in [5.41, 5.74) is 1.70. The summed E-state index contributed by atoms with van der Waals surface area (Å²) in [4.78, 5) is 23.9. The third-order valence-corrected chi connectivity index (χ3v) is 3.34. The van der Waals surface area contributed by atoms with Crippen LogP contribution in [0.1, 0.15) is 19.4 Å². The first-order valence-corrected chi connectivity index (χ1v) is 6.60. The Morgan fingerprint density at radius 1 is 1.10 bits per heavy atom. The van der Waals surface area contributed by atoms with Crippen molar-refractivity contribution < 1.29 is 19.1 Å². The van der Waals surface area contributed by atoms with Gasteiger partial charge in [-0.15, -0.1) is 0 Å². The number of esters is 2. The molecule has 0 N–H and O–H groups in total. The van der Waals surface area contributed by atoms with Gasteiger partial charge < -0.3 is 14.0 Å². The van der Waals surface area contributed by atoms with E-state index in [2.05, 4.69) is 0 Å². The number of carbonyl (C=O) groups excluding carboxylic acids is 2. The van der Waals surface area contributed by atoms with Gasteiger partial charge in [-0.05, 0) is 12.1 Å². The fourth-order valence-electron chi connectivity index (χ4n) is 2.42. The van der Waals surface area contributed by atoms with Crippen LogP contribution in [0.25, 0.3) is 17.0 Å². The molecule has 1 aliphatic heterocycles. The molecule has 0 saturated carbocycles. The number of hydrogen-bond acceptors (Lipinski definition) is 4. The summed E-state index contributed by atoms with van der Waals surface area (Å²) in [6.07, 6.45) is 3.38. The predicted octanol–water partition coefficient (Wildman–Crippen LogP) is 2.40. The van der Waals surface area contributed by atoms with Crippen molar-refractivity contribution in [1.29, 1.82) is 0 Å². The second-order valence-electron chi connectivity index (χ2n) is 5.45. The number of aryl methyl sites for hydroxylation is 1. The highest BCUT2D eigenvalue weighted by Crippen LogP contribution is 2.27. The van der Waals surface area contributed by atoms with Crippen molar-refractivity contribution in [2.24, 2.45) is 7.05 Å². The number of benzene rings is 1. The smallest absolute Gasteiger partial charge is 0.348 e. The molecule has 2 heterocycles. The summed E-state index contributed by atoms with van der Waals surface area (Å²) in [7, 11) is 1.91. The Labute approximate surface area is 121 Å². The summed E-state index contributed by atoms with van der Waals surface area (Å²) < 4.78 is 12.1. The van der Waals surface area contributed by atoms with Crippen molar-refractivity contribution in [2.75, 3.05) is 0 Å². The van der Waals surface area contributed by atoms with Crippen molar-refractivity contribution >= 4 is 28.9 Å². The fourth-order valence-corrected chi connectivity index (χ4v) is 2.42. The lowest BCUT2D eigenvalue weighted by Crippen LogP contribution is -2.41. The Morgan fingerprint density at radius 2 is 1.71 bits per heavy atom. The van der Waals surface area contributed by atoms with Crippen molar-refractivity contribution in [1.82, 2.24) is 4.57 Å². The summed E-state index contributed by atoms with van der Waals surface area (Å²) in [6.45, 7) is 3.05. The molecular formula is C16H15NO4. The highest BCUT2D eigenvalue weighted by atomic mass is 16.7. The van der Waals surface area contributed by atoms with Crippen LogP contribution in [0.4, 0.5) is 0 Å². The van der Waals surface area contributed by atoms with Crippen molar-refractivity contribution in [3.05, 3.63) is 41.6 Å². The maximum Gasteiger partial charge on any atom is 0.348 e. The van der Waals surface area contributed by atoms with Gasteiger partial charge in [-0.3, -0.25) is 0 Å². The first-order valence-electron chi connectivity index (χ1n) is 6.60. The summed E-state index contributed by atoms with van der Waals surface area (Å²) in [5.74, 6) is -2.54. The maximum absolute atomic E-state index is 12.0. The molecule has 5 heteroatoms. The standard InChI is InChI=1S/C16H15NO4/c1-16(2)20-14(18)12(15(19)21-16)8-10-9-17(3)13-7-5-4-6-11(10)13/h4-9H,1-3H3. The van der Waals surface area contributed by atoms with Crippen molar-refractivity contribution in [3.8, 4) is 0 Å². The first-order chi connectivity index (χ1) is 9.87. The molecule has 0 radical (unpaired) electrons. The molecule has 108 valence electrons. The first kappa shape index (κ1) is 13.4. The number of aromatic nitrogens is 1. The minimum Gasteiger partial charge on any atom is -0.419 e. The van der Waals surface area contributed by atoms with E-state index in [9.17, 15) is 9.59 Å². The third kappa shape index (κ3) is 2.31. The molecule has 1 aliphatic rings. The van der Waals surface area contributed by atoms with Gasteiger partial charge in [-0.2, -0.15) is 0 Å². The minimum absolute atomic E-state index is 0.0920. The maximum atomic E-state index is 12.0. The van der Waals surface area contributed by atoms with E-state index < -0.39 is 17.7 Å². The highest BCUT2D eigenvalue weighted by molar-refractivity contribution is 6.19. The lowest BCUT2D eigenvalue weighted by Gasteiger charge is -2.29. The molecule has 0 bridgehead atoms. The third-order valence-electron chi connectivity index (χ3n) is 3.34. The van der Waals surface area contributed by atoms with Crippen LogP contribution in [0.3, 0.4) is 0 Å². The van der Waals surface area contributed by atoms with Crippen LogP contribution in [0, 0.1) is 0 Å². The lowest BCUT2D eigenvalue weighted by molar-refractivity contribution is -0.222. The topological polar surface area (TPSA) is 57.5 Å². The number of hydrogen-bond donors (Lipinski definition) is 0. The Bertz CT molecular complexity index is 761. The van der Waals surface area contributed by atoms with E-state index in [1.807, 2.05) is 42.1 Å². The van der Waals surface area contributed by atoms with Crippen LogP contribution < -0.4 is 0 Å². The van der Waals surface area contributed by atoms with Crippen LogP contribution in [-0.4, -0.2) is 22.3 Å². The Hall–Kier alpha value is -2.56. The normalized spacial score (nSPS) is 17.6. The van der Waals surface area contributed by atoms with Gasteiger partial charge in [0, 0.05) is 43.6 Å². The Kier molecular flexibility index (Phi) is 2.86. The van der Waals surface area contributed by atoms with Gasteiger partial charge in [0.1, 0.15) is 5.57 Å². The van der Waals surface area contributed by atoms with Gasteiger partial charge >= 0.3 is 11.9 Å². The molecule has 0 unspecified atom stereocenters. The van der Waals surface area contributed by atoms with Crippen molar-refractivity contribution in [3.63, 3.8) is 0 Å². The fraction of sp³-hybridized carbons (Fsp3) is 0.250. The molecule has 1 aromatic carbocycles. The zero-order valence-electron chi connectivity index (χ0n) is 12.0. The van der Waals surface area contributed by atoms with Crippen molar-refractivity contribution in [2.45, 2.75) is 19.6 Å². The molecule has 0 aliphatic carbocycles. The van der Waals surface area contributed by atoms with E-state index in [0.29, 0.717) is 0 Å². The van der Waals surface area contributed by atoms with E-state index in [1.54, 1.807) is 0 Å². The molecular weight excluding hydrogens is 270 g/mol. The predicted molar refractivity (Wildman–Crippen MR) is 77.2 cm³/mol. The molecule has 1 saturated heterocycles. The number of fused-ring (bicyclic) bond motifs is 1. The molecule has 1 fully saturated rings. The summed E-state index contributed by atoms with van der Waals surface area (Å²) in [6, 6.07) is 7.75. The number of ether oxygens (including phenoxy) is 2. The number of cyclic esters (lactones) is 2. The number of carbonyl (C=O) groups is 2. The van der Waals surface area contributed by atoms with E-state index in [-0.39, 0.29) is 5.57 Å². The number of para-hydroxylation sites is 1. The molecule has 2 aromatic rings. The molecule has 5 nitrogen and oxygen atoms in total. The van der Waals surface area contributed by atoms with Crippen LogP contribution in [0.2, 0.25) is 0 Å². The largest absolute Gasteiger partial charge is 0.419 e. The van der Waals surface area contributed by atoms with Crippen LogP contribution in [0.5, 0.6) is 0 Å². The Morgan fingerprint density at radius 3 is 2.38 bits per heavy atom. The van der Waals surface area contributed by atoms with Crippen LogP contribution in [-0.2, 0) is 26.1 Å². The monoisotopic (exact) mass is 285 g/mol. The molecule has 3 rings (SSSR count). The lowest BCUT2D eigenvalue weighted by atomic mass is 10.1. The van der Waals surface area contributed by atoms with Gasteiger partial charge in [0.05, 0.1) is 0 Å². The quantitative estimate of drug-likeness (QED) is 0.458. The SMILES string of the molecule is Cn1cc(C=C2C(=O)OC(C)(C)OC2=O)c2ccccc21. The van der Waals surface area contributed by atoms with Gasteiger partial charge in [-0.25, -0.2) is 9.59 Å². The molecule has 1 aromatic heterocycles. The van der Waals surface area contributed by atoms with Crippen LogP contribution >= 0.6 is 0 Å². The summed E-state index contributed by atoms with van der Waals surface area (Å²) in [5, 5.41) is 0.956. The van der Waals surface area contributed by atoms with E-state index >= 15 is 0 Å². The van der Waals surface area contributed by atoms with Gasteiger partial charge in [0.2, 0.25) is 0 Å². The van der Waals surface area contributed by atoms with Gasteiger partial charge in [0.15, 0.2) is 0 Å². The molecule has 0 atom stereocenters. The zero-order valence-corrected chi connectivity index (χ0v) is 12.0. The average Bonchev–Trinajstić information content (AvgIpc) is 2.70. The highest BCUT2D eigenvalue weighted by Gasteiger charge is 2.38. The van der Waals surface area contributed by atoms with Gasteiger partial charge in [-0.1, -0.05) is 18.2 Å². The van der Waals surface area contributed by atoms with Gasteiger partial charge in [0.25, 0.3) is 5.79 Å². The molecule has 21 heavy (non-hydrogen) atoms. The number of rotatable bonds is 1. The second-order valence-corrected chi connectivity index (χ2v) is 5.45. The van der Waals surface area contributed by atoms with E-state index in [0.717, 1.165) is 16.5 Å². The van der Waals surface area contributed by atoms with E-state index in [1.165, 1.54) is 19.9 Å².